The van der Waals surface area contributed by atoms with Crippen LogP contribution in [0.15, 0.2) is 24.4 Å². The van der Waals surface area contributed by atoms with Crippen LogP contribution in [0, 0.1) is 3.57 Å². The van der Waals surface area contributed by atoms with E-state index in [1.807, 2.05) is 18.2 Å². The van der Waals surface area contributed by atoms with Gasteiger partial charge in [-0.3, -0.25) is 19.6 Å². The third-order valence-corrected chi connectivity index (χ3v) is 3.74. The van der Waals surface area contributed by atoms with Crippen molar-refractivity contribution in [1.29, 1.82) is 0 Å². The first kappa shape index (κ1) is 11.6. The molecule has 3 rings (SSSR count). The lowest BCUT2D eigenvalue weighted by Gasteiger charge is -2.21. The van der Waals surface area contributed by atoms with E-state index in [4.69, 9.17) is 0 Å². The lowest BCUT2D eigenvalue weighted by Crippen LogP contribution is -2.42. The summed E-state index contributed by atoms with van der Waals surface area (Å²) < 4.78 is 2.80. The zero-order valence-corrected chi connectivity index (χ0v) is 11.5. The van der Waals surface area contributed by atoms with E-state index >= 15 is 0 Å². The molecule has 0 bridgehead atoms. The molecule has 6 heteroatoms. The number of imide groups is 1. The van der Waals surface area contributed by atoms with E-state index in [9.17, 15) is 9.59 Å². The average Bonchev–Trinajstić information content (AvgIpc) is 2.72. The van der Waals surface area contributed by atoms with E-state index in [2.05, 4.69) is 33.0 Å². The molecule has 2 amide bonds. The molecule has 0 spiro atoms. The molecule has 2 aromatic rings. The van der Waals surface area contributed by atoms with Gasteiger partial charge in [0.25, 0.3) is 5.91 Å². The number of hydrogen-bond acceptors (Lipinski definition) is 3. The molecule has 0 saturated carbocycles. The summed E-state index contributed by atoms with van der Waals surface area (Å²) in [4.78, 5) is 23.0. The quantitative estimate of drug-likeness (QED) is 0.625. The van der Waals surface area contributed by atoms with Crippen LogP contribution < -0.4 is 5.32 Å². The minimum Gasteiger partial charge on any atom is -0.295 e. The predicted octanol–water partition coefficient (Wildman–Crippen LogP) is 1.62. The molecule has 2 heterocycles. The minimum absolute atomic E-state index is 0.206. The Morgan fingerprint density at radius 3 is 3.00 bits per heavy atom. The van der Waals surface area contributed by atoms with Crippen molar-refractivity contribution in [1.82, 2.24) is 15.1 Å². The molecule has 92 valence electrons. The summed E-state index contributed by atoms with van der Waals surface area (Å²) >= 11 is 2.23. The first-order valence-electron chi connectivity index (χ1n) is 5.61. The van der Waals surface area contributed by atoms with Crippen LogP contribution in [0.2, 0.25) is 0 Å². The summed E-state index contributed by atoms with van der Waals surface area (Å²) in [6.45, 7) is 0. The molecule has 1 aromatic heterocycles. The van der Waals surface area contributed by atoms with Crippen LogP contribution in [0.4, 0.5) is 0 Å². The number of nitrogens with one attached hydrogen (secondary N) is 1. The third-order valence-electron chi connectivity index (χ3n) is 3.07. The molecular weight excluding hydrogens is 345 g/mol. The van der Waals surface area contributed by atoms with Gasteiger partial charge in [0.15, 0.2) is 0 Å². The number of halogens is 1. The van der Waals surface area contributed by atoms with Gasteiger partial charge in [-0.2, -0.15) is 5.10 Å². The molecule has 0 aliphatic carbocycles. The number of fused-ring (bicyclic) bond motifs is 1. The third kappa shape index (κ3) is 1.90. The van der Waals surface area contributed by atoms with Gasteiger partial charge in [-0.05, 0) is 41.1 Å². The summed E-state index contributed by atoms with van der Waals surface area (Å²) in [5, 5.41) is 7.63. The highest BCUT2D eigenvalue weighted by Gasteiger charge is 2.29. The maximum Gasteiger partial charge on any atom is 0.251 e. The van der Waals surface area contributed by atoms with E-state index < -0.39 is 6.04 Å². The van der Waals surface area contributed by atoms with Gasteiger partial charge in [0.1, 0.15) is 6.04 Å². The van der Waals surface area contributed by atoms with Gasteiger partial charge in [0, 0.05) is 15.4 Å². The summed E-state index contributed by atoms with van der Waals surface area (Å²) in [6.07, 6.45) is 2.61. The van der Waals surface area contributed by atoms with Crippen molar-refractivity contribution in [2.24, 2.45) is 0 Å². The summed E-state index contributed by atoms with van der Waals surface area (Å²) in [5.41, 5.74) is 0.927. The molecule has 1 atom stereocenters. The van der Waals surface area contributed by atoms with Crippen LogP contribution in [0.25, 0.3) is 10.9 Å². The van der Waals surface area contributed by atoms with Crippen molar-refractivity contribution in [3.05, 3.63) is 28.0 Å². The highest BCUT2D eigenvalue weighted by molar-refractivity contribution is 14.1. The lowest BCUT2D eigenvalue weighted by atomic mass is 10.1. The van der Waals surface area contributed by atoms with Crippen molar-refractivity contribution in [3.8, 4) is 0 Å². The molecule has 1 aliphatic rings. The van der Waals surface area contributed by atoms with Gasteiger partial charge in [0.2, 0.25) is 5.91 Å². The van der Waals surface area contributed by atoms with Crippen LogP contribution in [0.1, 0.15) is 18.9 Å². The standard InChI is InChI=1S/C12H10IN3O2/c13-8-2-1-7-6-14-16(10(7)5-8)9-3-4-11(17)15-12(9)18/h1-2,5-6,9H,3-4H2,(H,15,17,18). The maximum atomic E-state index is 11.8. The number of aromatic nitrogens is 2. The predicted molar refractivity (Wildman–Crippen MR) is 73.9 cm³/mol. The number of benzene rings is 1. The minimum atomic E-state index is -0.390. The summed E-state index contributed by atoms with van der Waals surface area (Å²) in [7, 11) is 0. The van der Waals surface area contributed by atoms with Gasteiger partial charge in [0.05, 0.1) is 11.7 Å². The van der Waals surface area contributed by atoms with Crippen LogP contribution in [-0.4, -0.2) is 21.6 Å². The molecule has 1 N–H and O–H groups in total. The van der Waals surface area contributed by atoms with E-state index in [1.54, 1.807) is 10.9 Å². The number of carbonyl (C=O) groups excluding carboxylic acids is 2. The highest BCUT2D eigenvalue weighted by Crippen LogP contribution is 2.24. The monoisotopic (exact) mass is 355 g/mol. The number of amides is 2. The summed E-state index contributed by atoms with van der Waals surface area (Å²) in [5.74, 6) is -0.475. The largest absolute Gasteiger partial charge is 0.295 e. The number of carbonyl (C=O) groups is 2. The van der Waals surface area contributed by atoms with Crippen molar-refractivity contribution in [2.45, 2.75) is 18.9 Å². The topological polar surface area (TPSA) is 64.0 Å². The number of nitrogens with zero attached hydrogens (tertiary/aromatic N) is 2. The van der Waals surface area contributed by atoms with Crippen molar-refractivity contribution < 1.29 is 9.59 Å². The fourth-order valence-electron chi connectivity index (χ4n) is 2.17. The Hall–Kier alpha value is -1.44. The van der Waals surface area contributed by atoms with E-state index in [-0.39, 0.29) is 11.8 Å². The Bertz CT molecular complexity index is 650. The van der Waals surface area contributed by atoms with E-state index in [0.717, 1.165) is 14.5 Å². The van der Waals surface area contributed by atoms with Gasteiger partial charge >= 0.3 is 0 Å². The number of rotatable bonds is 1. The first-order chi connectivity index (χ1) is 8.65. The average molecular weight is 355 g/mol. The lowest BCUT2D eigenvalue weighted by molar-refractivity contribution is -0.135. The second kappa shape index (κ2) is 4.34. The molecule has 5 nitrogen and oxygen atoms in total. The Morgan fingerprint density at radius 2 is 2.22 bits per heavy atom. The van der Waals surface area contributed by atoms with Crippen molar-refractivity contribution >= 4 is 45.3 Å². The Kier molecular flexibility index (Phi) is 2.81. The van der Waals surface area contributed by atoms with Crippen LogP contribution in [0.5, 0.6) is 0 Å². The molecule has 1 unspecified atom stereocenters. The Morgan fingerprint density at radius 1 is 1.39 bits per heavy atom. The van der Waals surface area contributed by atoms with Crippen molar-refractivity contribution in [2.75, 3.05) is 0 Å². The van der Waals surface area contributed by atoms with Crippen LogP contribution in [0.3, 0.4) is 0 Å². The maximum absolute atomic E-state index is 11.8. The van der Waals surface area contributed by atoms with Gasteiger partial charge in [-0.15, -0.1) is 0 Å². The smallest absolute Gasteiger partial charge is 0.251 e. The fraction of sp³-hybridized carbons (Fsp3) is 0.250. The SMILES string of the molecule is O=C1CCC(n2ncc3ccc(I)cc32)C(=O)N1. The zero-order valence-electron chi connectivity index (χ0n) is 9.39. The van der Waals surface area contributed by atoms with Gasteiger partial charge < -0.3 is 0 Å². The Labute approximate surface area is 117 Å². The molecule has 0 radical (unpaired) electrons. The molecular formula is C12H10IN3O2. The molecule has 1 saturated heterocycles. The second-order valence-corrected chi connectivity index (χ2v) is 5.50. The normalized spacial score (nSPS) is 20.2. The van der Waals surface area contributed by atoms with Gasteiger partial charge in [-0.1, -0.05) is 6.07 Å². The van der Waals surface area contributed by atoms with Gasteiger partial charge in [-0.25, -0.2) is 0 Å². The number of hydrogen-bond donors (Lipinski definition) is 1. The molecule has 1 aliphatic heterocycles. The van der Waals surface area contributed by atoms with E-state index in [0.29, 0.717) is 12.8 Å². The fourth-order valence-corrected chi connectivity index (χ4v) is 2.65. The second-order valence-electron chi connectivity index (χ2n) is 4.26. The molecule has 1 aromatic carbocycles. The summed E-state index contributed by atoms with van der Waals surface area (Å²) in [6, 6.07) is 5.58. The Balaban J connectivity index is 2.06. The van der Waals surface area contributed by atoms with Crippen LogP contribution in [-0.2, 0) is 9.59 Å². The highest BCUT2D eigenvalue weighted by atomic mass is 127. The molecule has 1 fully saturated rings. The zero-order chi connectivity index (χ0) is 12.7. The van der Waals surface area contributed by atoms with E-state index in [1.165, 1.54) is 0 Å². The van der Waals surface area contributed by atoms with Crippen molar-refractivity contribution in [3.63, 3.8) is 0 Å². The molecule has 18 heavy (non-hydrogen) atoms. The number of piperidine rings is 1. The first-order valence-corrected chi connectivity index (χ1v) is 6.69. The van der Waals surface area contributed by atoms with Crippen LogP contribution >= 0.6 is 22.6 Å².